The van der Waals surface area contributed by atoms with Crippen LogP contribution in [0.2, 0.25) is 0 Å². The molecule has 0 fully saturated rings. The van der Waals surface area contributed by atoms with E-state index in [1.807, 2.05) is 47.0 Å². The number of imidazole rings is 1. The minimum atomic E-state index is -0.538. The molecule has 0 radical (unpaired) electrons. The first kappa shape index (κ1) is 19.7. The predicted molar refractivity (Wildman–Crippen MR) is 114 cm³/mol. The summed E-state index contributed by atoms with van der Waals surface area (Å²) in [6.07, 6.45) is 2.45. The van der Waals surface area contributed by atoms with E-state index in [2.05, 4.69) is 20.3 Å². The Labute approximate surface area is 176 Å². The van der Waals surface area contributed by atoms with Gasteiger partial charge in [0.15, 0.2) is 0 Å². The first-order valence-electron chi connectivity index (χ1n) is 9.45. The summed E-state index contributed by atoms with van der Waals surface area (Å²) in [7, 11) is 0. The summed E-state index contributed by atoms with van der Waals surface area (Å²) in [5.41, 5.74) is 2.78. The Morgan fingerprint density at radius 2 is 1.97 bits per heavy atom. The molecule has 1 aromatic carbocycles. The number of nitrogens with zero attached hydrogens (tertiary/aromatic N) is 4. The van der Waals surface area contributed by atoms with Crippen LogP contribution in [-0.2, 0) is 17.7 Å². The lowest BCUT2D eigenvalue weighted by Crippen LogP contribution is -2.17. The van der Waals surface area contributed by atoms with Crippen LogP contribution < -0.4 is 5.32 Å². The van der Waals surface area contributed by atoms with Crippen LogP contribution >= 0.6 is 11.3 Å². The van der Waals surface area contributed by atoms with Gasteiger partial charge in [-0.2, -0.15) is 0 Å². The molecule has 1 N–H and O–H groups in total. The number of carbonyl (C=O) groups excluding carboxylic acids is 2. The van der Waals surface area contributed by atoms with Gasteiger partial charge >= 0.3 is 5.97 Å². The van der Waals surface area contributed by atoms with Crippen molar-refractivity contribution in [3.63, 3.8) is 0 Å². The number of fused-ring (bicyclic) bond motifs is 1. The zero-order valence-corrected chi connectivity index (χ0v) is 17.1. The van der Waals surface area contributed by atoms with Crippen molar-refractivity contribution >= 4 is 40.2 Å². The Bertz CT molecular complexity index is 1190. The Morgan fingerprint density at radius 3 is 2.77 bits per heavy atom. The van der Waals surface area contributed by atoms with Crippen molar-refractivity contribution in [1.29, 1.82) is 0 Å². The van der Waals surface area contributed by atoms with Gasteiger partial charge in [-0.15, -0.1) is 11.3 Å². The second kappa shape index (κ2) is 8.83. The summed E-state index contributed by atoms with van der Waals surface area (Å²) in [5.74, 6) is -0.553. The minimum Gasteiger partial charge on any atom is -0.461 e. The van der Waals surface area contributed by atoms with Crippen LogP contribution in [-0.4, -0.2) is 38.0 Å². The van der Waals surface area contributed by atoms with Gasteiger partial charge in [0, 0.05) is 30.2 Å². The van der Waals surface area contributed by atoms with E-state index >= 15 is 0 Å². The van der Waals surface area contributed by atoms with Crippen molar-refractivity contribution in [2.45, 2.75) is 19.9 Å². The third kappa shape index (κ3) is 4.20. The number of nitrogens with one attached hydrogen (secondary N) is 1. The summed E-state index contributed by atoms with van der Waals surface area (Å²) < 4.78 is 6.87. The number of anilines is 1. The highest BCUT2D eigenvalue weighted by Gasteiger charge is 2.19. The minimum absolute atomic E-state index is 0.144. The summed E-state index contributed by atoms with van der Waals surface area (Å²) >= 11 is 1.07. The van der Waals surface area contributed by atoms with Gasteiger partial charge in [-0.05, 0) is 31.2 Å². The highest BCUT2D eigenvalue weighted by Crippen LogP contribution is 2.21. The highest BCUT2D eigenvalue weighted by atomic mass is 32.1. The molecule has 0 saturated carbocycles. The number of hydrogen-bond acceptors (Lipinski definition) is 7. The molecule has 30 heavy (non-hydrogen) atoms. The number of rotatable bonds is 7. The van der Waals surface area contributed by atoms with Crippen LogP contribution in [0.5, 0.6) is 0 Å². The SMILES string of the molecule is CCOC(=O)c1nc(C(=O)Nc2nc3ccccc3n2CCc2ccccn2)cs1. The molecule has 4 rings (SSSR count). The average Bonchev–Trinajstić information content (AvgIpc) is 3.38. The summed E-state index contributed by atoms with van der Waals surface area (Å²) in [6, 6.07) is 13.5. The van der Waals surface area contributed by atoms with E-state index in [-0.39, 0.29) is 17.3 Å². The van der Waals surface area contributed by atoms with Gasteiger partial charge in [0.25, 0.3) is 5.91 Å². The Kier molecular flexibility index (Phi) is 5.80. The average molecular weight is 421 g/mol. The molecule has 4 aromatic rings. The molecule has 0 aliphatic heterocycles. The molecule has 0 saturated heterocycles. The van der Waals surface area contributed by atoms with Crippen LogP contribution in [0.25, 0.3) is 11.0 Å². The Balaban J connectivity index is 1.57. The number of aromatic nitrogens is 4. The Morgan fingerprint density at radius 1 is 1.13 bits per heavy atom. The number of aryl methyl sites for hydroxylation is 2. The van der Waals surface area contributed by atoms with E-state index in [0.717, 1.165) is 28.1 Å². The molecule has 0 unspecified atom stereocenters. The van der Waals surface area contributed by atoms with E-state index in [4.69, 9.17) is 4.74 Å². The van der Waals surface area contributed by atoms with Crippen LogP contribution in [0.15, 0.2) is 54.0 Å². The van der Waals surface area contributed by atoms with E-state index in [0.29, 0.717) is 18.9 Å². The monoisotopic (exact) mass is 421 g/mol. The number of esters is 1. The van der Waals surface area contributed by atoms with Crippen LogP contribution in [0, 0.1) is 0 Å². The number of hydrogen-bond donors (Lipinski definition) is 1. The maximum atomic E-state index is 12.7. The largest absolute Gasteiger partial charge is 0.461 e. The molecule has 3 heterocycles. The standard InChI is InChI=1S/C21H19N5O3S/c1-2-29-20(28)19-23-16(13-30-19)18(27)25-21-24-15-8-3-4-9-17(15)26(21)12-10-14-7-5-6-11-22-14/h3-9,11,13H,2,10,12H2,1H3,(H,24,25,27). The molecule has 0 bridgehead atoms. The topological polar surface area (TPSA) is 99.0 Å². The molecular formula is C21H19N5O3S. The van der Waals surface area contributed by atoms with Crippen LogP contribution in [0.1, 0.15) is 32.9 Å². The first-order valence-corrected chi connectivity index (χ1v) is 10.3. The van der Waals surface area contributed by atoms with Crippen molar-refractivity contribution < 1.29 is 14.3 Å². The molecule has 0 aliphatic rings. The van der Waals surface area contributed by atoms with Gasteiger partial charge in [-0.1, -0.05) is 18.2 Å². The molecule has 0 aliphatic carbocycles. The van der Waals surface area contributed by atoms with Crippen molar-refractivity contribution in [1.82, 2.24) is 19.5 Å². The lowest BCUT2D eigenvalue weighted by molar-refractivity contribution is 0.0526. The lowest BCUT2D eigenvalue weighted by atomic mass is 10.2. The number of thiazole rings is 1. The smallest absolute Gasteiger partial charge is 0.367 e. The molecule has 152 valence electrons. The normalized spacial score (nSPS) is 10.8. The zero-order valence-electron chi connectivity index (χ0n) is 16.2. The van der Waals surface area contributed by atoms with Crippen molar-refractivity contribution in [2.75, 3.05) is 11.9 Å². The van der Waals surface area contributed by atoms with Gasteiger partial charge in [0.2, 0.25) is 11.0 Å². The zero-order chi connectivity index (χ0) is 20.9. The fourth-order valence-electron chi connectivity index (χ4n) is 3.00. The van der Waals surface area contributed by atoms with E-state index < -0.39 is 11.9 Å². The molecule has 9 heteroatoms. The quantitative estimate of drug-likeness (QED) is 0.458. The van der Waals surface area contributed by atoms with Crippen molar-refractivity contribution in [3.8, 4) is 0 Å². The molecular weight excluding hydrogens is 402 g/mol. The number of benzene rings is 1. The fraction of sp³-hybridized carbons (Fsp3) is 0.190. The maximum Gasteiger partial charge on any atom is 0.367 e. The van der Waals surface area contributed by atoms with Crippen LogP contribution in [0.4, 0.5) is 5.95 Å². The summed E-state index contributed by atoms with van der Waals surface area (Å²) in [5, 5.41) is 4.50. The van der Waals surface area contributed by atoms with Crippen molar-refractivity contribution in [2.24, 2.45) is 0 Å². The molecule has 0 atom stereocenters. The van der Waals surface area contributed by atoms with Crippen LogP contribution in [0.3, 0.4) is 0 Å². The van der Waals surface area contributed by atoms with E-state index in [9.17, 15) is 9.59 Å². The van der Waals surface area contributed by atoms with Gasteiger partial charge in [-0.25, -0.2) is 14.8 Å². The van der Waals surface area contributed by atoms with Gasteiger partial charge in [0.05, 0.1) is 17.6 Å². The second-order valence-electron chi connectivity index (χ2n) is 6.36. The van der Waals surface area contributed by atoms with Gasteiger partial charge < -0.3 is 9.30 Å². The van der Waals surface area contributed by atoms with Gasteiger partial charge in [-0.3, -0.25) is 15.1 Å². The third-order valence-electron chi connectivity index (χ3n) is 4.38. The number of pyridine rings is 1. The lowest BCUT2D eigenvalue weighted by Gasteiger charge is -2.09. The molecule has 0 spiro atoms. The maximum absolute atomic E-state index is 12.7. The molecule has 3 aromatic heterocycles. The molecule has 1 amide bonds. The van der Waals surface area contributed by atoms with E-state index in [1.54, 1.807) is 13.1 Å². The first-order chi connectivity index (χ1) is 14.7. The fourth-order valence-corrected chi connectivity index (χ4v) is 3.69. The van der Waals surface area contributed by atoms with Gasteiger partial charge in [0.1, 0.15) is 5.69 Å². The summed E-state index contributed by atoms with van der Waals surface area (Å²) in [4.78, 5) is 37.5. The number of carbonyl (C=O) groups is 2. The third-order valence-corrected chi connectivity index (χ3v) is 5.21. The summed E-state index contributed by atoms with van der Waals surface area (Å²) in [6.45, 7) is 2.56. The Hall–Kier alpha value is -3.59. The number of ether oxygens (including phenoxy) is 1. The highest BCUT2D eigenvalue weighted by molar-refractivity contribution is 7.11. The number of para-hydroxylation sites is 2. The second-order valence-corrected chi connectivity index (χ2v) is 7.22. The molecule has 8 nitrogen and oxygen atoms in total. The number of amides is 1. The predicted octanol–water partition coefficient (Wildman–Crippen LogP) is 3.56. The van der Waals surface area contributed by atoms with E-state index in [1.165, 1.54) is 5.38 Å². The van der Waals surface area contributed by atoms with Crippen molar-refractivity contribution in [3.05, 3.63) is 70.4 Å².